The van der Waals surface area contributed by atoms with Crippen molar-refractivity contribution in [1.82, 2.24) is 15.0 Å². The molecule has 0 saturated carbocycles. The molecule has 0 aliphatic carbocycles. The zero-order chi connectivity index (χ0) is 19.7. The Balaban J connectivity index is 1.50. The summed E-state index contributed by atoms with van der Waals surface area (Å²) in [6, 6.07) is 2.20. The lowest BCUT2D eigenvalue weighted by molar-refractivity contribution is 0.0392. The molecule has 0 amide bonds. The normalized spacial score (nSPS) is 23.4. The van der Waals surface area contributed by atoms with E-state index in [9.17, 15) is 5.11 Å². The minimum Gasteiger partial charge on any atom is -0.394 e. The summed E-state index contributed by atoms with van der Waals surface area (Å²) in [5.74, 6) is 1.81. The average Bonchev–Trinajstić information content (AvgIpc) is 3.37. The molecule has 152 valence electrons. The molecule has 1 N–H and O–H groups in total. The molecule has 2 aromatic heterocycles. The van der Waals surface area contributed by atoms with Crippen molar-refractivity contribution in [2.75, 3.05) is 42.6 Å². The lowest BCUT2D eigenvalue weighted by atomic mass is 9.93. The Labute approximate surface area is 170 Å². The number of aliphatic hydroxyl groups is 1. The van der Waals surface area contributed by atoms with Gasteiger partial charge in [0.05, 0.1) is 31.5 Å². The maximum atomic E-state index is 9.62. The molecular weight excluding hydrogens is 374 g/mol. The van der Waals surface area contributed by atoms with Crippen molar-refractivity contribution in [3.05, 3.63) is 28.5 Å². The lowest BCUT2D eigenvalue weighted by Gasteiger charge is -2.33. The highest BCUT2D eigenvalue weighted by Crippen LogP contribution is 2.32. The van der Waals surface area contributed by atoms with Gasteiger partial charge in [0, 0.05) is 30.0 Å². The van der Waals surface area contributed by atoms with E-state index in [1.54, 1.807) is 17.7 Å². The molecule has 2 aromatic rings. The number of hydrogen-bond donors (Lipinski definition) is 1. The van der Waals surface area contributed by atoms with E-state index in [1.165, 1.54) is 0 Å². The fraction of sp³-hybridized carbons (Fsp3) is 0.650. The van der Waals surface area contributed by atoms with Crippen molar-refractivity contribution >= 4 is 23.0 Å². The first kappa shape index (κ1) is 19.5. The summed E-state index contributed by atoms with van der Waals surface area (Å²) < 4.78 is 6.03. The first-order valence-electron chi connectivity index (χ1n) is 9.97. The second kappa shape index (κ2) is 7.93. The second-order valence-corrected chi connectivity index (χ2v) is 9.42. The van der Waals surface area contributed by atoms with Gasteiger partial charge >= 0.3 is 0 Å². The number of thiazole rings is 1. The summed E-state index contributed by atoms with van der Waals surface area (Å²) >= 11 is 1.68. The predicted octanol–water partition coefficient (Wildman–Crippen LogP) is 2.77. The number of nitrogens with zero attached hydrogens (tertiary/aromatic N) is 5. The molecule has 2 saturated heterocycles. The molecule has 0 bridgehead atoms. The van der Waals surface area contributed by atoms with Crippen LogP contribution in [0, 0.1) is 0 Å². The second-order valence-electron chi connectivity index (χ2n) is 8.53. The molecule has 7 nitrogen and oxygen atoms in total. The molecule has 2 fully saturated rings. The smallest absolute Gasteiger partial charge is 0.134 e. The molecule has 8 heteroatoms. The Kier molecular flexibility index (Phi) is 5.53. The molecule has 0 aromatic carbocycles. The molecule has 0 radical (unpaired) electrons. The number of morpholine rings is 1. The minimum absolute atomic E-state index is 0.0368. The van der Waals surface area contributed by atoms with Crippen LogP contribution in [0.4, 0.5) is 11.6 Å². The van der Waals surface area contributed by atoms with E-state index >= 15 is 0 Å². The van der Waals surface area contributed by atoms with Crippen molar-refractivity contribution in [3.8, 4) is 0 Å². The molecular formula is C20H29N5O2S. The molecule has 2 unspecified atom stereocenters. The van der Waals surface area contributed by atoms with Crippen LogP contribution < -0.4 is 9.80 Å². The fourth-order valence-electron chi connectivity index (χ4n) is 3.78. The van der Waals surface area contributed by atoms with Gasteiger partial charge in [-0.3, -0.25) is 0 Å². The standard InChI is InChI=1S/C20H29N5O2S/c1-20(2,3)16-12-28-19(23-16)15-10-24(7-8-27-15)17-9-18(22-13-21-17)25-6-4-5-14(25)11-26/h9,12-15,26H,4-8,10-11H2,1-3H3. The topological polar surface area (TPSA) is 74.6 Å². The van der Waals surface area contributed by atoms with Gasteiger partial charge in [0.15, 0.2) is 0 Å². The highest BCUT2D eigenvalue weighted by atomic mass is 32.1. The highest BCUT2D eigenvalue weighted by Gasteiger charge is 2.29. The number of rotatable bonds is 4. The fourth-order valence-corrected chi connectivity index (χ4v) is 4.87. The molecule has 4 heterocycles. The average molecular weight is 404 g/mol. The van der Waals surface area contributed by atoms with Crippen LogP contribution in [0.3, 0.4) is 0 Å². The zero-order valence-electron chi connectivity index (χ0n) is 16.8. The zero-order valence-corrected chi connectivity index (χ0v) is 17.7. The number of ether oxygens (including phenoxy) is 1. The van der Waals surface area contributed by atoms with Gasteiger partial charge in [-0.1, -0.05) is 20.8 Å². The van der Waals surface area contributed by atoms with Crippen LogP contribution in [0.25, 0.3) is 0 Å². The molecule has 2 aliphatic heterocycles. The number of aromatic nitrogens is 3. The van der Waals surface area contributed by atoms with Gasteiger partial charge in [0.2, 0.25) is 0 Å². The maximum absolute atomic E-state index is 9.62. The number of aliphatic hydroxyl groups excluding tert-OH is 1. The Hall–Kier alpha value is -1.77. The van der Waals surface area contributed by atoms with Crippen LogP contribution in [0.15, 0.2) is 17.8 Å². The third kappa shape index (κ3) is 3.99. The van der Waals surface area contributed by atoms with Crippen molar-refractivity contribution < 1.29 is 9.84 Å². The lowest BCUT2D eigenvalue weighted by Crippen LogP contribution is -2.39. The summed E-state index contributed by atoms with van der Waals surface area (Å²) in [6.45, 7) is 9.82. The number of anilines is 2. The summed E-state index contributed by atoms with van der Waals surface area (Å²) in [5.41, 5.74) is 1.16. The largest absolute Gasteiger partial charge is 0.394 e. The van der Waals surface area contributed by atoms with Gasteiger partial charge in [-0.2, -0.15) is 0 Å². The van der Waals surface area contributed by atoms with E-state index in [1.807, 2.05) is 6.07 Å². The molecule has 28 heavy (non-hydrogen) atoms. The van der Waals surface area contributed by atoms with Gasteiger partial charge in [-0.05, 0) is 12.8 Å². The van der Waals surface area contributed by atoms with Gasteiger partial charge in [0.25, 0.3) is 0 Å². The van der Waals surface area contributed by atoms with Crippen molar-refractivity contribution in [1.29, 1.82) is 0 Å². The highest BCUT2D eigenvalue weighted by molar-refractivity contribution is 7.09. The van der Waals surface area contributed by atoms with E-state index in [0.717, 1.165) is 54.8 Å². The van der Waals surface area contributed by atoms with Crippen LogP contribution in [0.1, 0.15) is 50.4 Å². The van der Waals surface area contributed by atoms with E-state index < -0.39 is 0 Å². The van der Waals surface area contributed by atoms with Crippen LogP contribution in [-0.4, -0.2) is 58.9 Å². The van der Waals surface area contributed by atoms with E-state index in [4.69, 9.17) is 9.72 Å². The Morgan fingerprint density at radius 3 is 2.82 bits per heavy atom. The van der Waals surface area contributed by atoms with Crippen LogP contribution in [0.2, 0.25) is 0 Å². The minimum atomic E-state index is -0.0368. The molecule has 2 atom stereocenters. The van der Waals surface area contributed by atoms with Crippen molar-refractivity contribution in [3.63, 3.8) is 0 Å². The first-order valence-corrected chi connectivity index (χ1v) is 10.9. The SMILES string of the molecule is CC(C)(C)c1csc(C2CN(c3cc(N4CCCC4CO)ncn3)CCO2)n1. The van der Waals surface area contributed by atoms with Crippen molar-refractivity contribution in [2.45, 2.75) is 51.2 Å². The quantitative estimate of drug-likeness (QED) is 0.841. The third-order valence-electron chi connectivity index (χ3n) is 5.48. The summed E-state index contributed by atoms with van der Waals surface area (Å²) in [6.07, 6.45) is 3.69. The van der Waals surface area contributed by atoms with E-state index in [-0.39, 0.29) is 24.2 Å². The number of hydrogen-bond acceptors (Lipinski definition) is 8. The van der Waals surface area contributed by atoms with Gasteiger partial charge < -0.3 is 19.6 Å². The Morgan fingerprint density at radius 2 is 2.07 bits per heavy atom. The summed E-state index contributed by atoms with van der Waals surface area (Å²) in [4.78, 5) is 18.2. The van der Waals surface area contributed by atoms with Gasteiger partial charge in [-0.25, -0.2) is 15.0 Å². The first-order chi connectivity index (χ1) is 13.5. The van der Waals surface area contributed by atoms with E-state index in [2.05, 4.69) is 45.9 Å². The molecule has 0 spiro atoms. The monoisotopic (exact) mass is 403 g/mol. The molecule has 2 aliphatic rings. The van der Waals surface area contributed by atoms with Crippen LogP contribution >= 0.6 is 11.3 Å². The van der Waals surface area contributed by atoms with Gasteiger partial charge in [-0.15, -0.1) is 11.3 Å². The van der Waals surface area contributed by atoms with Crippen molar-refractivity contribution in [2.24, 2.45) is 0 Å². The van der Waals surface area contributed by atoms with Gasteiger partial charge in [0.1, 0.15) is 29.1 Å². The maximum Gasteiger partial charge on any atom is 0.134 e. The third-order valence-corrected chi connectivity index (χ3v) is 6.41. The predicted molar refractivity (Wildman–Crippen MR) is 111 cm³/mol. The summed E-state index contributed by atoms with van der Waals surface area (Å²) in [7, 11) is 0. The molecule has 4 rings (SSSR count). The summed E-state index contributed by atoms with van der Waals surface area (Å²) in [5, 5.41) is 12.8. The Morgan fingerprint density at radius 1 is 1.25 bits per heavy atom. The van der Waals surface area contributed by atoms with Crippen LogP contribution in [0.5, 0.6) is 0 Å². The van der Waals surface area contributed by atoms with E-state index in [0.29, 0.717) is 6.61 Å². The Bertz CT molecular complexity index is 806. The van der Waals surface area contributed by atoms with Crippen LogP contribution in [-0.2, 0) is 10.2 Å².